The van der Waals surface area contributed by atoms with E-state index in [2.05, 4.69) is 4.98 Å². The zero-order valence-electron chi connectivity index (χ0n) is 14.0. The molecule has 128 valence electrons. The van der Waals surface area contributed by atoms with Crippen LogP contribution in [0.15, 0.2) is 54.6 Å². The topological polar surface area (TPSA) is 76.2 Å². The van der Waals surface area contributed by atoms with Crippen molar-refractivity contribution in [3.8, 4) is 11.3 Å². The van der Waals surface area contributed by atoms with Gasteiger partial charge in [0.1, 0.15) is 0 Å². The van der Waals surface area contributed by atoms with Gasteiger partial charge < -0.3 is 9.72 Å². The fourth-order valence-corrected chi connectivity index (χ4v) is 3.38. The Hall–Kier alpha value is -3.47. The lowest BCUT2D eigenvalue weighted by Crippen LogP contribution is -2.23. The predicted octanol–water partition coefficient (Wildman–Crippen LogP) is 3.44. The number of aromatic amines is 1. The molecule has 4 rings (SSSR count). The highest BCUT2D eigenvalue weighted by molar-refractivity contribution is 6.53. The monoisotopic (exact) mass is 345 g/mol. The number of carbonyl (C=O) groups excluding carboxylic acids is 3. The summed E-state index contributed by atoms with van der Waals surface area (Å²) in [5.74, 6) is -1.92. The van der Waals surface area contributed by atoms with E-state index >= 15 is 0 Å². The molecular formula is C21H15NO4. The van der Waals surface area contributed by atoms with Gasteiger partial charge in [-0.25, -0.2) is 4.79 Å². The van der Waals surface area contributed by atoms with Crippen LogP contribution < -0.4 is 0 Å². The van der Waals surface area contributed by atoms with Crippen molar-refractivity contribution < 1.29 is 19.1 Å². The summed E-state index contributed by atoms with van der Waals surface area (Å²) in [6, 6.07) is 16.5. The maximum Gasteiger partial charge on any atom is 0.340 e. The molecule has 1 aliphatic rings. The summed E-state index contributed by atoms with van der Waals surface area (Å²) in [5.41, 5.74) is 3.24. The third kappa shape index (κ3) is 2.37. The molecule has 26 heavy (non-hydrogen) atoms. The number of benzene rings is 2. The van der Waals surface area contributed by atoms with Crippen molar-refractivity contribution >= 4 is 17.5 Å². The lowest BCUT2D eigenvalue weighted by atomic mass is 9.86. The molecule has 3 aromatic rings. The first-order valence-electron chi connectivity index (χ1n) is 8.17. The number of carbonyl (C=O) groups is 3. The average Bonchev–Trinajstić information content (AvgIpc) is 3.05. The highest BCUT2D eigenvalue weighted by Gasteiger charge is 2.37. The number of fused-ring (bicyclic) bond motifs is 3. The number of H-pyrrole nitrogens is 1. The van der Waals surface area contributed by atoms with Crippen LogP contribution in [0.1, 0.15) is 42.3 Å². The number of ether oxygens (including phenoxy) is 1. The Morgan fingerprint density at radius 1 is 0.923 bits per heavy atom. The molecule has 0 atom stereocenters. The third-order valence-corrected chi connectivity index (χ3v) is 4.57. The molecule has 0 fully saturated rings. The second-order valence-electron chi connectivity index (χ2n) is 6.09. The van der Waals surface area contributed by atoms with E-state index in [9.17, 15) is 14.4 Å². The number of hydrogen-bond acceptors (Lipinski definition) is 4. The minimum absolute atomic E-state index is 0.103. The van der Waals surface area contributed by atoms with Crippen molar-refractivity contribution in [2.75, 3.05) is 7.11 Å². The van der Waals surface area contributed by atoms with Crippen molar-refractivity contribution in [1.29, 1.82) is 0 Å². The second kappa shape index (κ2) is 6.11. The zero-order valence-corrected chi connectivity index (χ0v) is 14.0. The normalized spacial score (nSPS) is 12.5. The van der Waals surface area contributed by atoms with E-state index in [1.165, 1.54) is 7.11 Å². The minimum Gasteiger partial charge on any atom is -0.465 e. The van der Waals surface area contributed by atoms with E-state index in [1.807, 2.05) is 30.3 Å². The first-order chi connectivity index (χ1) is 12.6. The van der Waals surface area contributed by atoms with Crippen LogP contribution in [0.5, 0.6) is 0 Å². The summed E-state index contributed by atoms with van der Waals surface area (Å²) >= 11 is 0. The minimum atomic E-state index is -0.685. The van der Waals surface area contributed by atoms with Crippen LogP contribution in [0.25, 0.3) is 11.3 Å². The predicted molar refractivity (Wildman–Crippen MR) is 95.5 cm³/mol. The second-order valence-corrected chi connectivity index (χ2v) is 6.09. The van der Waals surface area contributed by atoms with Crippen molar-refractivity contribution in [1.82, 2.24) is 4.98 Å². The summed E-state index contributed by atoms with van der Waals surface area (Å²) in [6.07, 6.45) is 0.419. The van der Waals surface area contributed by atoms with E-state index in [0.717, 1.165) is 5.56 Å². The maximum atomic E-state index is 12.7. The first-order valence-corrected chi connectivity index (χ1v) is 8.17. The van der Waals surface area contributed by atoms with Crippen LogP contribution in [0.3, 0.4) is 0 Å². The van der Waals surface area contributed by atoms with Gasteiger partial charge in [-0.2, -0.15) is 0 Å². The summed E-state index contributed by atoms with van der Waals surface area (Å²) in [6.45, 7) is 0. The van der Waals surface area contributed by atoms with Gasteiger partial charge >= 0.3 is 5.97 Å². The van der Waals surface area contributed by atoms with Gasteiger partial charge in [-0.15, -0.1) is 0 Å². The zero-order chi connectivity index (χ0) is 18.3. The number of nitrogens with one attached hydrogen (secondary N) is 1. The van der Waals surface area contributed by atoms with Crippen LogP contribution >= 0.6 is 0 Å². The van der Waals surface area contributed by atoms with Gasteiger partial charge in [0.15, 0.2) is 0 Å². The van der Waals surface area contributed by atoms with E-state index in [4.69, 9.17) is 4.74 Å². The Balaban J connectivity index is 1.96. The highest BCUT2D eigenvalue weighted by atomic mass is 16.5. The molecule has 0 radical (unpaired) electrons. The van der Waals surface area contributed by atoms with Crippen LogP contribution in [0.4, 0.5) is 0 Å². The number of hydrogen-bond donors (Lipinski definition) is 1. The number of ketones is 2. The van der Waals surface area contributed by atoms with E-state index in [1.54, 1.807) is 24.3 Å². The third-order valence-electron chi connectivity index (χ3n) is 4.57. The smallest absolute Gasteiger partial charge is 0.340 e. The molecule has 0 saturated carbocycles. The van der Waals surface area contributed by atoms with E-state index < -0.39 is 17.5 Å². The molecule has 0 spiro atoms. The van der Waals surface area contributed by atoms with Crippen LogP contribution in [-0.2, 0) is 11.2 Å². The molecule has 5 nitrogen and oxygen atoms in total. The van der Waals surface area contributed by atoms with E-state index in [-0.39, 0.29) is 11.1 Å². The van der Waals surface area contributed by atoms with Gasteiger partial charge in [-0.1, -0.05) is 54.6 Å². The Kier molecular flexibility index (Phi) is 3.77. The van der Waals surface area contributed by atoms with Crippen molar-refractivity contribution in [2.45, 2.75) is 6.42 Å². The van der Waals surface area contributed by atoms with Crippen molar-refractivity contribution in [2.24, 2.45) is 0 Å². The Morgan fingerprint density at radius 2 is 1.58 bits per heavy atom. The average molecular weight is 345 g/mol. The maximum absolute atomic E-state index is 12.7. The van der Waals surface area contributed by atoms with Gasteiger partial charge in [0.25, 0.3) is 0 Å². The number of aromatic nitrogens is 1. The quantitative estimate of drug-likeness (QED) is 0.583. The molecule has 0 saturated heterocycles. The molecule has 0 unspecified atom stereocenters. The van der Waals surface area contributed by atoms with Gasteiger partial charge in [0, 0.05) is 23.2 Å². The van der Waals surface area contributed by atoms with Crippen molar-refractivity contribution in [3.63, 3.8) is 0 Å². The van der Waals surface area contributed by atoms with Crippen LogP contribution in [0.2, 0.25) is 0 Å². The summed E-state index contributed by atoms with van der Waals surface area (Å²) in [7, 11) is 1.26. The molecule has 1 N–H and O–H groups in total. The number of rotatable bonds is 3. The van der Waals surface area contributed by atoms with Gasteiger partial charge in [-0.05, 0) is 5.56 Å². The van der Waals surface area contributed by atoms with E-state index in [0.29, 0.717) is 28.9 Å². The highest BCUT2D eigenvalue weighted by Crippen LogP contribution is 2.37. The summed E-state index contributed by atoms with van der Waals surface area (Å²) in [5, 5.41) is 0. The standard InChI is InChI=1S/C21H15NO4/c1-26-21(25)16-15(11-12-7-3-2-4-8-12)22-18-13-9-5-6-10-14(13)19(23)20(24)17(16)18/h2-10,22H,11H2,1H3. The number of methoxy groups -OCH3 is 1. The first kappa shape index (κ1) is 16.0. The fraction of sp³-hybridized carbons (Fsp3) is 0.0952. The SMILES string of the molecule is COC(=O)c1c(Cc2ccccc2)[nH]c2c1C(=O)C(=O)c1ccccc1-2. The molecule has 2 aromatic carbocycles. The van der Waals surface area contributed by atoms with Crippen LogP contribution in [0, 0.1) is 0 Å². The largest absolute Gasteiger partial charge is 0.465 e. The molecule has 1 aromatic heterocycles. The molecule has 0 amide bonds. The fourth-order valence-electron chi connectivity index (χ4n) is 3.38. The van der Waals surface area contributed by atoms with Gasteiger partial charge in [0.2, 0.25) is 11.6 Å². The Bertz CT molecular complexity index is 1050. The molecule has 5 heteroatoms. The van der Waals surface area contributed by atoms with Crippen molar-refractivity contribution in [3.05, 3.63) is 82.5 Å². The number of esters is 1. The molecule has 1 aliphatic carbocycles. The molecule has 0 bridgehead atoms. The van der Waals surface area contributed by atoms with Gasteiger partial charge in [-0.3, -0.25) is 9.59 Å². The molecule has 1 heterocycles. The molecule has 0 aliphatic heterocycles. The Labute approximate surface area is 149 Å². The van der Waals surface area contributed by atoms with Gasteiger partial charge in [0.05, 0.1) is 23.9 Å². The molecular weight excluding hydrogens is 330 g/mol. The number of Topliss-reactive ketones (excluding diaryl/α,β-unsaturated/α-hetero) is 2. The van der Waals surface area contributed by atoms with Crippen LogP contribution in [-0.4, -0.2) is 29.6 Å². The lowest BCUT2D eigenvalue weighted by molar-refractivity contribution is 0.0596. The lowest BCUT2D eigenvalue weighted by Gasteiger charge is -2.14. The Morgan fingerprint density at radius 3 is 2.27 bits per heavy atom. The summed E-state index contributed by atoms with van der Waals surface area (Å²) < 4.78 is 4.89. The summed E-state index contributed by atoms with van der Waals surface area (Å²) in [4.78, 5) is 40.8.